The SMILES string of the molecule is [C-]#[N+]C([N+]#[C-])=C1Cc2c(CS(=O)[O-])c3c(c(S(=O)(=O)C(F)(F)F)c2=C1c1ccc(C)cc1)CC(=C(C#N)C#N)C=3c1ccc(SC(F)(F)F)cc1.[C-]#[N+]C([N+]#[C-])=C1Cc2c(CS(=O)[O-])c3c(c(S(C)(=O)=O)c2=C1c1ccc(C)cc1)CC(=C(C#N)C#N)C=3c1ccc(SC(F)(F)F)cc1.[C-]#[N+]C([N+]#[C-])=C1Cc2cc3c(cc2=C1c1cccc([N+]#[C-])c1)CC(=C(C#N)C#N)C=3c1cccc(C#N)c1. The topological polar surface area (TPSA) is 346 Å². The number of rotatable bonds is 14. The van der Waals surface area contributed by atoms with E-state index >= 15 is 0 Å². The summed E-state index contributed by atoms with van der Waals surface area (Å²) in [7, 11) is -10.5. The Hall–Kier alpha value is -16.3. The van der Waals surface area contributed by atoms with Crippen LogP contribution in [0.25, 0.3) is 67.4 Å². The minimum absolute atomic E-state index is 0.00710. The van der Waals surface area contributed by atoms with E-state index in [2.05, 4.69) is 40.0 Å². The highest BCUT2D eigenvalue weighted by molar-refractivity contribution is 8.00. The van der Waals surface area contributed by atoms with E-state index in [9.17, 15) is 111 Å². The predicted octanol–water partition coefficient (Wildman–Crippen LogP) is 16.5. The minimum Gasteiger partial charge on any atom is -0.772 e. The molecular weight excluding hydrogens is 1890 g/mol. The molecule has 22 nitrogen and oxygen atoms in total. The molecular formula is C100H51F9N14O8S6-2. The van der Waals surface area contributed by atoms with E-state index in [0.717, 1.165) is 79.9 Å². The van der Waals surface area contributed by atoms with Gasteiger partial charge in [0, 0.05) is 57.3 Å². The lowest BCUT2D eigenvalue weighted by molar-refractivity contribution is -0.0437. The van der Waals surface area contributed by atoms with E-state index in [0.29, 0.717) is 46.4 Å². The highest BCUT2D eigenvalue weighted by Crippen LogP contribution is 2.47. The lowest BCUT2D eigenvalue weighted by Gasteiger charge is -2.18. The molecule has 0 saturated heterocycles. The first-order valence-corrected chi connectivity index (χ1v) is 46.9. The lowest BCUT2D eigenvalue weighted by atomic mass is 9.94. The number of allylic oxidation sites excluding steroid dienone is 9. The van der Waals surface area contributed by atoms with Gasteiger partial charge in [-0.3, -0.25) is 8.42 Å². The average Bonchev–Trinajstić information content (AvgIpc) is 1.54. The van der Waals surface area contributed by atoms with Gasteiger partial charge in [-0.05, 0) is 260 Å². The summed E-state index contributed by atoms with van der Waals surface area (Å²) in [6.07, 6.45) is -0.102. The third kappa shape index (κ3) is 19.1. The number of sulfone groups is 2. The molecule has 9 aromatic rings. The molecule has 6 aliphatic rings. The van der Waals surface area contributed by atoms with Crippen LogP contribution in [-0.4, -0.2) is 57.1 Å². The van der Waals surface area contributed by atoms with Gasteiger partial charge >= 0.3 is 34.0 Å². The Morgan fingerprint density at radius 1 is 0.401 bits per heavy atom. The first-order valence-electron chi connectivity index (χ1n) is 39.4. The highest BCUT2D eigenvalue weighted by Gasteiger charge is 2.52. The van der Waals surface area contributed by atoms with E-state index < -0.39 is 122 Å². The molecule has 0 bridgehead atoms. The van der Waals surface area contributed by atoms with Gasteiger partial charge in [0.05, 0.1) is 44.7 Å². The summed E-state index contributed by atoms with van der Waals surface area (Å²) in [4.78, 5) is 21.8. The van der Waals surface area contributed by atoms with Crippen LogP contribution in [0, 0.1) is 139 Å². The van der Waals surface area contributed by atoms with Crippen molar-refractivity contribution in [3.8, 4) is 42.5 Å². The zero-order chi connectivity index (χ0) is 99.6. The first kappa shape index (κ1) is 98.2. The minimum atomic E-state index is -6.36. The fraction of sp³-hybridized carbons (Fsp3) is 0.140. The quantitative estimate of drug-likeness (QED) is 0.0321. The van der Waals surface area contributed by atoms with Crippen molar-refractivity contribution in [2.75, 3.05) is 6.26 Å². The van der Waals surface area contributed by atoms with E-state index in [-0.39, 0.29) is 167 Å². The van der Waals surface area contributed by atoms with Crippen molar-refractivity contribution in [3.63, 3.8) is 0 Å². The molecule has 0 fully saturated rings. The number of hydrogen-bond donors (Lipinski definition) is 0. The van der Waals surface area contributed by atoms with Crippen molar-refractivity contribution < 1.29 is 73.9 Å². The van der Waals surface area contributed by atoms with Gasteiger partial charge in [-0.15, -0.1) is 0 Å². The molecule has 0 aliphatic heterocycles. The molecule has 0 heterocycles. The van der Waals surface area contributed by atoms with Gasteiger partial charge in [0.2, 0.25) is 0 Å². The summed E-state index contributed by atoms with van der Waals surface area (Å²) in [6, 6.07) is 53.6. The number of fused-ring (bicyclic) bond motifs is 6. The molecule has 37 heteroatoms. The Labute approximate surface area is 789 Å². The van der Waals surface area contributed by atoms with E-state index in [4.69, 9.17) is 46.0 Å². The number of aryl methyl sites for hydroxylation is 2. The zero-order valence-corrected chi connectivity index (χ0v) is 75.4. The molecule has 670 valence electrons. The van der Waals surface area contributed by atoms with Crippen LogP contribution < -0.4 is 31.3 Å². The van der Waals surface area contributed by atoms with E-state index in [1.165, 1.54) is 36.4 Å². The summed E-state index contributed by atoms with van der Waals surface area (Å²) in [6.45, 7) is 56.8. The fourth-order valence-corrected chi connectivity index (χ4v) is 22.3. The molecule has 0 amide bonds. The lowest BCUT2D eigenvalue weighted by Crippen LogP contribution is -2.36. The number of alkyl halides is 9. The molecule has 2 unspecified atom stereocenters. The van der Waals surface area contributed by atoms with Crippen LogP contribution in [0.2, 0.25) is 0 Å². The fourth-order valence-electron chi connectivity index (χ4n) is 17.7. The van der Waals surface area contributed by atoms with Crippen molar-refractivity contribution in [2.45, 2.75) is 100.0 Å². The van der Waals surface area contributed by atoms with E-state index in [1.807, 2.05) is 55.5 Å². The van der Waals surface area contributed by atoms with Crippen LogP contribution in [0.1, 0.15) is 94.6 Å². The zero-order valence-electron chi connectivity index (χ0n) is 70.5. The molecule has 0 N–H and O–H groups in total. The molecule has 9 aromatic carbocycles. The Bertz CT molecular complexity index is 8330. The molecule has 0 saturated carbocycles. The van der Waals surface area contributed by atoms with Crippen molar-refractivity contribution in [2.24, 2.45) is 0 Å². The number of halogens is 9. The van der Waals surface area contributed by atoms with Crippen LogP contribution in [-0.2, 0) is 91.9 Å². The van der Waals surface area contributed by atoms with Gasteiger partial charge < -0.3 is 9.11 Å². The molecule has 2 atom stereocenters. The van der Waals surface area contributed by atoms with Crippen LogP contribution >= 0.6 is 23.5 Å². The molecule has 6 aliphatic carbocycles. The number of hydrogen-bond acceptors (Lipinski definition) is 17. The number of nitrogens with zero attached hydrogens (tertiary/aromatic N) is 14. The largest absolute Gasteiger partial charge is 0.772 e. The van der Waals surface area contributed by atoms with Gasteiger partial charge in [0.25, 0.3) is 9.84 Å². The third-order valence-corrected chi connectivity index (χ3v) is 28.2. The molecule has 0 radical (unpaired) electrons. The van der Waals surface area contributed by atoms with Gasteiger partial charge in [-0.2, -0.15) is 105 Å². The van der Waals surface area contributed by atoms with Crippen molar-refractivity contribution >= 4 is 104 Å². The van der Waals surface area contributed by atoms with Crippen LogP contribution in [0.4, 0.5) is 45.2 Å². The normalized spacial score (nSPS) is 14.0. The van der Waals surface area contributed by atoms with Gasteiger partial charge in [0.1, 0.15) is 92.6 Å². The highest BCUT2D eigenvalue weighted by atomic mass is 32.2. The number of benzene rings is 9. The Morgan fingerprint density at radius 3 is 1.07 bits per heavy atom. The molecule has 0 aromatic heterocycles. The maximum absolute atomic E-state index is 14.7. The average molecular weight is 1940 g/mol. The standard InChI is InChI=1S/C34H18F6N4O4S3.C34H21F3N4O4S3.C32H14N6/c1-17-4-6-18(7-5-17)28-25(32(43-2)44-3)13-23-26(16-50(45)46)29-24(31(30(23)28)51(47,48)34(38,39)40)12-22(20(14-41)15-42)27(29)19-8-10-21(11-9-19)49-33(35,36)37;1-18-5-7-19(8-6-18)29-26(33(40-2)41-3)14-24-27(17-47(42)43)30-25(32(31(24)29)48(4,44)45)13-23(21(15-38)16-39)28(30)20-9-11-22(12-10-20)46-34(35,36)37;1-36-25-9-5-8-21(11-25)31-27-12-22-14-28(24(17-34)18-35)30(20-7-4-6-19(10-20)16-33)26(22)13-23(27)15-29(31)32(37-2)38-3/h4-11H,12-13,16H2,1H3,(H,45,46);5-12H,13-14,17H2,1,4H3,(H,42,43);4-13H,14-15H2/p-2. The number of thioether (sulfide) groups is 2. The molecule has 0 spiro atoms. The van der Waals surface area contributed by atoms with Gasteiger partial charge in [-0.1, -0.05) is 136 Å². The second-order valence-corrected chi connectivity index (χ2v) is 38.6. The Morgan fingerprint density at radius 2 is 0.723 bits per heavy atom. The van der Waals surface area contributed by atoms with Crippen molar-refractivity contribution in [1.82, 2.24) is 0 Å². The van der Waals surface area contributed by atoms with Crippen LogP contribution in [0.3, 0.4) is 0 Å². The summed E-state index contributed by atoms with van der Waals surface area (Å²) in [5.41, 5.74) is -7.60. The maximum atomic E-state index is 14.7. The van der Waals surface area contributed by atoms with Gasteiger partial charge in [0.15, 0.2) is 15.5 Å². The van der Waals surface area contributed by atoms with Crippen molar-refractivity contribution in [3.05, 3.63) is 431 Å². The number of nitriles is 7. The molecule has 15 rings (SSSR count). The summed E-state index contributed by atoms with van der Waals surface area (Å²) < 4.78 is 228. The second kappa shape index (κ2) is 39.1. The predicted molar refractivity (Wildman–Crippen MR) is 484 cm³/mol. The second-order valence-electron chi connectivity index (χ2n) is 30.7. The molecule has 137 heavy (non-hydrogen) atoms. The van der Waals surface area contributed by atoms with Crippen LogP contribution in [0.15, 0.2) is 245 Å². The smallest absolute Gasteiger partial charge is 0.523 e. The van der Waals surface area contributed by atoms with Crippen molar-refractivity contribution in [1.29, 1.82) is 36.8 Å². The first-order chi connectivity index (χ1) is 65.1. The summed E-state index contributed by atoms with van der Waals surface area (Å²) >= 11 is -6.58. The van der Waals surface area contributed by atoms with Crippen LogP contribution in [0.5, 0.6) is 0 Å². The van der Waals surface area contributed by atoms with Gasteiger partial charge in [-0.25, -0.2) is 21.7 Å². The monoisotopic (exact) mass is 1940 g/mol. The Kier molecular flexibility index (Phi) is 28.0. The summed E-state index contributed by atoms with van der Waals surface area (Å²) in [5.74, 6) is -2.50. The Balaban J connectivity index is 0.000000175. The maximum Gasteiger partial charge on any atom is 0.523 e. The summed E-state index contributed by atoms with van der Waals surface area (Å²) in [5, 5.41) is 69.5. The van der Waals surface area contributed by atoms with E-state index in [1.54, 1.807) is 91.9 Å². The third-order valence-electron chi connectivity index (χ3n) is 22.8.